The summed E-state index contributed by atoms with van der Waals surface area (Å²) in [5.41, 5.74) is 1.03. The molecule has 5 rings (SSSR count). The third-order valence-corrected chi connectivity index (χ3v) is 13.2. The van der Waals surface area contributed by atoms with Crippen LogP contribution in [0.1, 0.15) is 106 Å². The Labute approximate surface area is 201 Å². The highest BCUT2D eigenvalue weighted by molar-refractivity contribution is 5.85. The van der Waals surface area contributed by atoms with Crippen LogP contribution in [0.5, 0.6) is 0 Å². The second-order valence-corrected chi connectivity index (χ2v) is 14.3. The molecule has 9 atom stereocenters. The molecular weight excluding hydrogens is 408 g/mol. The minimum absolute atomic E-state index is 0.164. The van der Waals surface area contributed by atoms with Gasteiger partial charge in [0.05, 0.1) is 5.41 Å². The third-order valence-electron chi connectivity index (χ3n) is 13.2. The third kappa shape index (κ3) is 2.69. The van der Waals surface area contributed by atoms with Gasteiger partial charge in [-0.3, -0.25) is 9.59 Å². The number of carbonyl (C=O) groups excluding carboxylic acids is 1. The number of hydrogen-bond acceptors (Lipinski definition) is 2. The van der Waals surface area contributed by atoms with Crippen molar-refractivity contribution in [1.82, 2.24) is 0 Å². The number of Topliss-reactive ketones (excluding diaryl/α,β-unsaturated/α-hetero) is 1. The molecule has 184 valence electrons. The maximum Gasteiger partial charge on any atom is 0.309 e. The van der Waals surface area contributed by atoms with E-state index in [1.165, 1.54) is 18.4 Å². The number of hydrogen-bond donors (Lipinski definition) is 1. The van der Waals surface area contributed by atoms with Crippen LogP contribution in [0.3, 0.4) is 0 Å². The number of carbonyl (C=O) groups is 2. The fraction of sp³-hybridized carbons (Fsp3) is 0.867. The van der Waals surface area contributed by atoms with Crippen molar-refractivity contribution in [3.63, 3.8) is 0 Å². The summed E-state index contributed by atoms with van der Waals surface area (Å²) in [5, 5.41) is 10.5. The van der Waals surface area contributed by atoms with Gasteiger partial charge in [-0.1, -0.05) is 46.8 Å². The first-order chi connectivity index (χ1) is 15.3. The van der Waals surface area contributed by atoms with Gasteiger partial charge in [0.1, 0.15) is 5.78 Å². The van der Waals surface area contributed by atoms with E-state index in [0.29, 0.717) is 29.5 Å². The molecule has 0 radical (unpaired) electrons. The van der Waals surface area contributed by atoms with E-state index in [2.05, 4.69) is 48.1 Å². The summed E-state index contributed by atoms with van der Waals surface area (Å²) in [7, 11) is 0. The van der Waals surface area contributed by atoms with Crippen molar-refractivity contribution in [2.45, 2.75) is 106 Å². The zero-order chi connectivity index (χ0) is 24.2. The molecule has 0 aromatic rings. The van der Waals surface area contributed by atoms with E-state index < -0.39 is 11.4 Å². The number of aliphatic carboxylic acids is 1. The smallest absolute Gasteiger partial charge is 0.309 e. The van der Waals surface area contributed by atoms with E-state index >= 15 is 0 Å². The second kappa shape index (κ2) is 6.97. The van der Waals surface area contributed by atoms with E-state index in [-0.39, 0.29) is 27.6 Å². The summed E-state index contributed by atoms with van der Waals surface area (Å²) >= 11 is 0. The first-order valence-electron chi connectivity index (χ1n) is 13.7. The normalized spacial score (nSPS) is 52.8. The molecule has 0 aliphatic heterocycles. The van der Waals surface area contributed by atoms with Gasteiger partial charge >= 0.3 is 5.97 Å². The number of fused-ring (bicyclic) bond motifs is 7. The molecule has 33 heavy (non-hydrogen) atoms. The second-order valence-electron chi connectivity index (χ2n) is 14.3. The van der Waals surface area contributed by atoms with Crippen LogP contribution in [0.2, 0.25) is 0 Å². The van der Waals surface area contributed by atoms with Gasteiger partial charge in [0.25, 0.3) is 0 Å². The maximum atomic E-state index is 12.9. The molecule has 0 unspecified atom stereocenters. The average Bonchev–Trinajstić information content (AvgIpc) is 3.13. The van der Waals surface area contributed by atoms with Crippen molar-refractivity contribution < 1.29 is 14.7 Å². The molecule has 0 bridgehead atoms. The summed E-state index contributed by atoms with van der Waals surface area (Å²) in [4.78, 5) is 25.7. The topological polar surface area (TPSA) is 54.4 Å². The Morgan fingerprint density at radius 3 is 2.21 bits per heavy atom. The summed E-state index contributed by atoms with van der Waals surface area (Å²) in [6, 6.07) is 0. The Morgan fingerprint density at radius 1 is 0.879 bits per heavy atom. The van der Waals surface area contributed by atoms with Gasteiger partial charge < -0.3 is 5.11 Å². The highest BCUT2D eigenvalue weighted by Gasteiger charge is 2.72. The number of carboxylic acids is 1. The van der Waals surface area contributed by atoms with Gasteiger partial charge in [0.15, 0.2) is 0 Å². The molecule has 0 spiro atoms. The number of carboxylic acid groups (broad SMARTS) is 1. The van der Waals surface area contributed by atoms with E-state index in [4.69, 9.17) is 0 Å². The largest absolute Gasteiger partial charge is 0.481 e. The van der Waals surface area contributed by atoms with Crippen molar-refractivity contribution in [3.8, 4) is 0 Å². The summed E-state index contributed by atoms with van der Waals surface area (Å²) in [6.45, 7) is 18.5. The van der Waals surface area contributed by atoms with Crippen molar-refractivity contribution in [2.75, 3.05) is 0 Å². The molecule has 0 saturated heterocycles. The summed E-state index contributed by atoms with van der Waals surface area (Å²) < 4.78 is 0. The van der Waals surface area contributed by atoms with Crippen LogP contribution in [0, 0.1) is 56.7 Å². The highest BCUT2D eigenvalue weighted by Crippen LogP contribution is 2.77. The molecule has 0 heterocycles. The zero-order valence-electron chi connectivity index (χ0n) is 21.9. The maximum absolute atomic E-state index is 12.9. The molecule has 0 aromatic carbocycles. The average molecular weight is 455 g/mol. The van der Waals surface area contributed by atoms with Crippen LogP contribution in [0.25, 0.3) is 0 Å². The Morgan fingerprint density at radius 2 is 1.58 bits per heavy atom. The fourth-order valence-corrected chi connectivity index (χ4v) is 11.3. The Balaban J connectivity index is 1.57. The van der Waals surface area contributed by atoms with Crippen LogP contribution in [0.15, 0.2) is 12.2 Å². The molecule has 5 aliphatic carbocycles. The SMILES string of the molecule is C=C(C)[C@H]1CC[C@]2(C(=O)O)CC[C@]3(C)[C@H](CC[C@H]4[C@@]5(C)CCC(=O)C(C)(C)[C@@H]5CC[C@]43C)[C@@H]12. The van der Waals surface area contributed by atoms with Crippen LogP contribution < -0.4 is 0 Å². The van der Waals surface area contributed by atoms with Crippen molar-refractivity contribution in [1.29, 1.82) is 0 Å². The van der Waals surface area contributed by atoms with Crippen molar-refractivity contribution in [3.05, 3.63) is 12.2 Å². The molecule has 5 aliphatic rings. The molecule has 5 fully saturated rings. The minimum Gasteiger partial charge on any atom is -0.481 e. The molecule has 0 aromatic heterocycles. The molecule has 5 saturated carbocycles. The Bertz CT molecular complexity index is 902. The summed E-state index contributed by atoms with van der Waals surface area (Å²) in [6.07, 6.45) is 10.1. The Kier molecular flexibility index (Phi) is 4.99. The van der Waals surface area contributed by atoms with Crippen LogP contribution in [0.4, 0.5) is 0 Å². The predicted octanol–water partition coefficient (Wildman–Crippen LogP) is 7.30. The molecular formula is C30H46O3. The fourth-order valence-electron chi connectivity index (χ4n) is 11.3. The highest BCUT2D eigenvalue weighted by atomic mass is 16.4. The summed E-state index contributed by atoms with van der Waals surface area (Å²) in [5.74, 6) is 2.07. The zero-order valence-corrected chi connectivity index (χ0v) is 21.9. The number of ketones is 1. The van der Waals surface area contributed by atoms with Gasteiger partial charge in [-0.2, -0.15) is 0 Å². The minimum atomic E-state index is -0.547. The van der Waals surface area contributed by atoms with Crippen LogP contribution in [-0.2, 0) is 9.59 Å². The predicted molar refractivity (Wildman–Crippen MR) is 132 cm³/mol. The number of allylic oxidation sites excluding steroid dienone is 1. The first-order valence-corrected chi connectivity index (χ1v) is 13.7. The van der Waals surface area contributed by atoms with Crippen molar-refractivity contribution in [2.24, 2.45) is 56.7 Å². The van der Waals surface area contributed by atoms with Gasteiger partial charge in [0, 0.05) is 11.8 Å². The van der Waals surface area contributed by atoms with E-state index in [0.717, 1.165) is 51.4 Å². The lowest BCUT2D eigenvalue weighted by atomic mass is 9.32. The van der Waals surface area contributed by atoms with Crippen LogP contribution in [-0.4, -0.2) is 16.9 Å². The van der Waals surface area contributed by atoms with E-state index in [1.54, 1.807) is 0 Å². The monoisotopic (exact) mass is 454 g/mol. The van der Waals surface area contributed by atoms with Crippen molar-refractivity contribution >= 4 is 11.8 Å². The molecule has 3 nitrogen and oxygen atoms in total. The van der Waals surface area contributed by atoms with Gasteiger partial charge in [0.2, 0.25) is 0 Å². The van der Waals surface area contributed by atoms with Gasteiger partial charge in [-0.05, 0) is 111 Å². The lowest BCUT2D eigenvalue weighted by molar-refractivity contribution is -0.235. The first kappa shape index (κ1) is 23.6. The molecule has 0 amide bonds. The van der Waals surface area contributed by atoms with Gasteiger partial charge in [-0.15, -0.1) is 0 Å². The van der Waals surface area contributed by atoms with E-state index in [9.17, 15) is 14.7 Å². The molecule has 1 N–H and O–H groups in total. The van der Waals surface area contributed by atoms with E-state index in [1.807, 2.05) is 0 Å². The lowest BCUT2D eigenvalue weighted by Crippen LogP contribution is -2.66. The molecule has 3 heteroatoms. The number of rotatable bonds is 2. The lowest BCUT2D eigenvalue weighted by Gasteiger charge is -2.72. The Hall–Kier alpha value is -1.12. The quantitative estimate of drug-likeness (QED) is 0.445. The standard InChI is InChI=1S/C30H46O3/c1-18(2)19-10-15-30(25(32)33)17-16-28(6)20(24(19)30)8-9-22-27(5)13-12-23(31)26(3,4)21(27)11-14-29(22,28)7/h19-22,24H,1,8-17H2,2-7H3,(H,32,33)/t19-,20-,21+,22+,24-,27+,28-,29-,30+/m1/s1. The van der Waals surface area contributed by atoms with Crippen LogP contribution >= 0.6 is 0 Å². The van der Waals surface area contributed by atoms with Gasteiger partial charge in [-0.25, -0.2) is 0 Å².